The summed E-state index contributed by atoms with van der Waals surface area (Å²) in [5, 5.41) is 12.1. The third-order valence-electron chi connectivity index (χ3n) is 5.00. The second-order valence-electron chi connectivity index (χ2n) is 7.45. The van der Waals surface area contributed by atoms with E-state index >= 15 is 0 Å². The molecular weight excluding hydrogens is 476 g/mol. The number of rotatable bonds is 9. The molecule has 12 heteroatoms. The average Bonchev–Trinajstić information content (AvgIpc) is 3.37. The molecule has 0 unspecified atom stereocenters. The van der Waals surface area contributed by atoms with Crippen LogP contribution < -0.4 is 16.0 Å². The van der Waals surface area contributed by atoms with Crippen LogP contribution in [0.1, 0.15) is 32.5 Å². The molecule has 34 heavy (non-hydrogen) atoms. The van der Waals surface area contributed by atoms with E-state index in [1.165, 1.54) is 18.9 Å². The largest absolute Gasteiger partial charge is 0.465 e. The van der Waals surface area contributed by atoms with Crippen molar-refractivity contribution in [2.75, 3.05) is 37.2 Å². The van der Waals surface area contributed by atoms with Crippen LogP contribution in [0.3, 0.4) is 0 Å². The zero-order valence-corrected chi connectivity index (χ0v) is 21.2. The van der Waals surface area contributed by atoms with Crippen LogP contribution in [0.15, 0.2) is 29.4 Å². The summed E-state index contributed by atoms with van der Waals surface area (Å²) in [4.78, 5) is 38.8. The molecule has 2 heterocycles. The number of thiophene rings is 1. The van der Waals surface area contributed by atoms with E-state index in [1.807, 2.05) is 54.8 Å². The van der Waals surface area contributed by atoms with E-state index in [0.29, 0.717) is 23.1 Å². The molecule has 2 amide bonds. The molecule has 0 saturated heterocycles. The summed E-state index contributed by atoms with van der Waals surface area (Å²) in [7, 11) is 5.17. The van der Waals surface area contributed by atoms with E-state index in [4.69, 9.17) is 10.5 Å². The number of aromatic nitrogens is 3. The van der Waals surface area contributed by atoms with Crippen LogP contribution in [0.5, 0.6) is 0 Å². The number of methoxy groups -OCH3 is 1. The third-order valence-corrected chi connectivity index (χ3v) is 7.19. The van der Waals surface area contributed by atoms with Gasteiger partial charge >= 0.3 is 5.97 Å². The minimum Gasteiger partial charge on any atom is -0.465 e. The molecule has 180 valence electrons. The van der Waals surface area contributed by atoms with Gasteiger partial charge in [0.05, 0.1) is 23.3 Å². The Kier molecular flexibility index (Phi) is 7.94. The van der Waals surface area contributed by atoms with Crippen molar-refractivity contribution in [3.8, 4) is 11.4 Å². The summed E-state index contributed by atoms with van der Waals surface area (Å²) < 4.78 is 6.73. The van der Waals surface area contributed by atoms with Crippen molar-refractivity contribution in [2.24, 2.45) is 5.73 Å². The van der Waals surface area contributed by atoms with E-state index in [9.17, 15) is 14.4 Å². The van der Waals surface area contributed by atoms with Gasteiger partial charge in [0.1, 0.15) is 5.00 Å². The predicted molar refractivity (Wildman–Crippen MR) is 134 cm³/mol. The molecule has 0 bridgehead atoms. The molecule has 1 aromatic carbocycles. The molecule has 0 saturated carbocycles. The number of thioether (sulfide) groups is 1. The minimum absolute atomic E-state index is 0.0271. The number of nitrogens with two attached hydrogens (primary N) is 1. The van der Waals surface area contributed by atoms with Crippen LogP contribution in [0.2, 0.25) is 0 Å². The lowest BCUT2D eigenvalue weighted by atomic mass is 10.1. The van der Waals surface area contributed by atoms with E-state index in [2.05, 4.69) is 15.5 Å². The summed E-state index contributed by atoms with van der Waals surface area (Å²) in [5.74, 6) is -0.959. The number of benzene rings is 1. The van der Waals surface area contributed by atoms with Gasteiger partial charge in [0.15, 0.2) is 11.0 Å². The average molecular weight is 503 g/mol. The van der Waals surface area contributed by atoms with Crippen molar-refractivity contribution in [3.05, 3.63) is 40.3 Å². The summed E-state index contributed by atoms with van der Waals surface area (Å²) in [5.41, 5.74) is 7.86. The number of primary amides is 1. The van der Waals surface area contributed by atoms with Gasteiger partial charge in [0, 0.05) is 31.9 Å². The Morgan fingerprint density at radius 1 is 1.26 bits per heavy atom. The Morgan fingerprint density at radius 3 is 2.62 bits per heavy atom. The van der Waals surface area contributed by atoms with E-state index < -0.39 is 11.9 Å². The Labute approximate surface area is 205 Å². The van der Waals surface area contributed by atoms with Crippen molar-refractivity contribution >= 4 is 51.6 Å². The Balaban J connectivity index is 1.78. The molecule has 0 aliphatic heterocycles. The van der Waals surface area contributed by atoms with Crippen molar-refractivity contribution in [1.82, 2.24) is 14.8 Å². The molecule has 2 aromatic heterocycles. The number of hydrogen-bond donors (Lipinski definition) is 2. The fourth-order valence-electron chi connectivity index (χ4n) is 3.29. The van der Waals surface area contributed by atoms with E-state index in [1.54, 1.807) is 6.92 Å². The second kappa shape index (κ2) is 10.7. The fourth-order valence-corrected chi connectivity index (χ4v) is 5.16. The lowest BCUT2D eigenvalue weighted by molar-refractivity contribution is -0.113. The van der Waals surface area contributed by atoms with Gasteiger partial charge in [-0.1, -0.05) is 23.9 Å². The first-order chi connectivity index (χ1) is 16.2. The smallest absolute Gasteiger partial charge is 0.341 e. The van der Waals surface area contributed by atoms with Crippen molar-refractivity contribution in [1.29, 1.82) is 0 Å². The van der Waals surface area contributed by atoms with Crippen LogP contribution in [-0.2, 0) is 16.1 Å². The van der Waals surface area contributed by atoms with Gasteiger partial charge in [-0.15, -0.1) is 21.5 Å². The highest BCUT2D eigenvalue weighted by Crippen LogP contribution is 2.34. The molecule has 0 aliphatic carbocycles. The first kappa shape index (κ1) is 25.2. The summed E-state index contributed by atoms with van der Waals surface area (Å²) in [6.45, 7) is 4.19. The molecule has 0 fully saturated rings. The molecule has 0 radical (unpaired) electrons. The Morgan fingerprint density at radius 2 is 2.00 bits per heavy atom. The number of esters is 1. The molecular formula is C22H26N6O4S2. The second-order valence-corrected chi connectivity index (χ2v) is 9.41. The number of amides is 2. The maximum Gasteiger partial charge on any atom is 0.341 e. The molecule has 0 atom stereocenters. The molecule has 3 N–H and O–H groups in total. The van der Waals surface area contributed by atoms with Crippen molar-refractivity contribution < 1.29 is 19.1 Å². The monoisotopic (exact) mass is 502 g/mol. The number of ether oxygens (including phenoxy) is 1. The number of nitrogens with one attached hydrogen (secondary N) is 1. The van der Waals surface area contributed by atoms with Crippen LogP contribution in [-0.4, -0.2) is 59.5 Å². The first-order valence-corrected chi connectivity index (χ1v) is 12.1. The molecule has 10 nitrogen and oxygen atoms in total. The van der Waals surface area contributed by atoms with Gasteiger partial charge in [-0.2, -0.15) is 0 Å². The Hall–Kier alpha value is -3.38. The quantitative estimate of drug-likeness (QED) is 0.337. The zero-order chi connectivity index (χ0) is 25.0. The highest BCUT2D eigenvalue weighted by molar-refractivity contribution is 7.99. The molecule has 0 spiro atoms. The van der Waals surface area contributed by atoms with Crippen molar-refractivity contribution in [3.63, 3.8) is 0 Å². The number of nitrogens with zero attached hydrogens (tertiary/aromatic N) is 4. The van der Waals surface area contributed by atoms with Gasteiger partial charge in [-0.25, -0.2) is 4.79 Å². The first-order valence-electron chi connectivity index (χ1n) is 10.3. The lowest BCUT2D eigenvalue weighted by Crippen LogP contribution is -2.16. The van der Waals surface area contributed by atoms with Gasteiger partial charge < -0.3 is 25.3 Å². The maximum absolute atomic E-state index is 12.7. The highest BCUT2D eigenvalue weighted by Gasteiger charge is 2.25. The fraction of sp³-hybridized carbons (Fsp3) is 0.318. The van der Waals surface area contributed by atoms with Gasteiger partial charge in [-0.3, -0.25) is 9.59 Å². The summed E-state index contributed by atoms with van der Waals surface area (Å²) >= 11 is 2.17. The molecule has 0 aliphatic rings. The summed E-state index contributed by atoms with van der Waals surface area (Å²) in [6, 6.07) is 7.96. The number of anilines is 2. The highest BCUT2D eigenvalue weighted by atomic mass is 32.2. The topological polar surface area (TPSA) is 132 Å². The van der Waals surface area contributed by atoms with Gasteiger partial charge in [-0.05, 0) is 31.5 Å². The normalized spacial score (nSPS) is 10.7. The minimum atomic E-state index is -0.676. The third kappa shape index (κ3) is 5.23. The maximum atomic E-state index is 12.7. The van der Waals surface area contributed by atoms with Crippen LogP contribution in [0, 0.1) is 6.92 Å². The SMILES string of the molecule is CCn1c(SCC(=O)Nc2sc(C(N)=O)c(C)c2C(=O)OC)nnc1-c1cccc(N(C)C)c1. The van der Waals surface area contributed by atoms with E-state index in [-0.39, 0.29) is 27.1 Å². The van der Waals surface area contributed by atoms with Crippen LogP contribution in [0.25, 0.3) is 11.4 Å². The number of carbonyl (C=O) groups excluding carboxylic acids is 3. The number of hydrogen-bond acceptors (Lipinski definition) is 9. The lowest BCUT2D eigenvalue weighted by Gasteiger charge is -2.14. The van der Waals surface area contributed by atoms with Crippen molar-refractivity contribution in [2.45, 2.75) is 25.5 Å². The summed E-state index contributed by atoms with van der Waals surface area (Å²) in [6.07, 6.45) is 0. The zero-order valence-electron chi connectivity index (χ0n) is 19.5. The Bertz CT molecular complexity index is 1230. The standard InChI is InChI=1S/C22H26N6O4S2/c1-6-28-19(13-8-7-9-14(10-13)27(3)4)25-26-22(28)33-11-15(29)24-20-16(21(31)32-5)12(2)17(34-20)18(23)30/h7-10H,6,11H2,1-5H3,(H2,23,30)(H,24,29). The predicted octanol–water partition coefficient (Wildman–Crippen LogP) is 3.02. The van der Waals surface area contributed by atoms with Crippen LogP contribution >= 0.6 is 23.1 Å². The molecule has 3 aromatic rings. The van der Waals surface area contributed by atoms with Crippen LogP contribution in [0.4, 0.5) is 10.7 Å². The van der Waals surface area contributed by atoms with E-state index in [0.717, 1.165) is 22.6 Å². The van der Waals surface area contributed by atoms with Gasteiger partial charge in [0.25, 0.3) is 5.91 Å². The number of carbonyl (C=O) groups is 3. The van der Waals surface area contributed by atoms with Gasteiger partial charge in [0.2, 0.25) is 5.91 Å². The molecule has 3 rings (SSSR count).